The first-order chi connectivity index (χ1) is 6.81. The van der Waals surface area contributed by atoms with Gasteiger partial charge in [-0.25, -0.2) is 0 Å². The molecule has 0 unspecified atom stereocenters. The van der Waals surface area contributed by atoms with Crippen LogP contribution in [0.3, 0.4) is 0 Å². The van der Waals surface area contributed by atoms with Gasteiger partial charge in [0, 0.05) is 32.4 Å². The molecular formula is C10H17N3O. The molecule has 0 aliphatic carbocycles. The van der Waals surface area contributed by atoms with E-state index in [0.717, 1.165) is 32.7 Å². The zero-order valence-electron chi connectivity index (χ0n) is 8.84. The quantitative estimate of drug-likeness (QED) is 0.772. The maximum absolute atomic E-state index is 5.07. The Bertz CT molecular complexity index is 308. The highest BCUT2D eigenvalue weighted by Crippen LogP contribution is 2.18. The third-order valence-electron chi connectivity index (χ3n) is 2.82. The number of aromatic amines is 1. The van der Waals surface area contributed by atoms with Crippen LogP contribution in [0.2, 0.25) is 0 Å². The number of hydrogen-bond acceptors (Lipinski definition) is 3. The predicted octanol–water partition coefficient (Wildman–Crippen LogP) is 0.723. The van der Waals surface area contributed by atoms with Gasteiger partial charge in [-0.15, -0.1) is 0 Å². The average molecular weight is 195 g/mol. The highest BCUT2D eigenvalue weighted by Gasteiger charge is 2.19. The molecule has 1 N–H and O–H groups in total. The number of aryl methyl sites for hydroxylation is 1. The number of methoxy groups -OCH3 is 1. The van der Waals surface area contributed by atoms with Crippen LogP contribution >= 0.6 is 0 Å². The van der Waals surface area contributed by atoms with Crippen molar-refractivity contribution in [2.24, 2.45) is 0 Å². The van der Waals surface area contributed by atoms with E-state index in [1.54, 1.807) is 7.11 Å². The number of hydrogen-bond donors (Lipinski definition) is 1. The van der Waals surface area contributed by atoms with E-state index in [4.69, 9.17) is 4.74 Å². The Balaban J connectivity index is 1.99. The van der Waals surface area contributed by atoms with Crippen LogP contribution in [-0.2, 0) is 17.7 Å². The number of H-pyrrole nitrogens is 1. The number of fused-ring (bicyclic) bond motifs is 1. The summed E-state index contributed by atoms with van der Waals surface area (Å²) in [6, 6.07) is 0. The van der Waals surface area contributed by atoms with Crippen molar-refractivity contribution in [3.05, 3.63) is 17.0 Å². The van der Waals surface area contributed by atoms with E-state index >= 15 is 0 Å². The lowest BCUT2D eigenvalue weighted by Gasteiger charge is -2.25. The lowest BCUT2D eigenvalue weighted by molar-refractivity contribution is 0.140. The van der Waals surface area contributed by atoms with Gasteiger partial charge in [0.05, 0.1) is 12.3 Å². The second-order valence-corrected chi connectivity index (χ2v) is 3.79. The fraction of sp³-hybridized carbons (Fsp3) is 0.700. The average Bonchev–Trinajstić information content (AvgIpc) is 2.57. The van der Waals surface area contributed by atoms with Crippen molar-refractivity contribution in [2.75, 3.05) is 26.8 Å². The van der Waals surface area contributed by atoms with E-state index in [-0.39, 0.29) is 0 Å². The Morgan fingerprint density at radius 3 is 3.21 bits per heavy atom. The highest BCUT2D eigenvalue weighted by atomic mass is 16.5. The fourth-order valence-electron chi connectivity index (χ4n) is 1.94. The molecule has 0 radical (unpaired) electrons. The standard InChI is InChI=1S/C10H17N3O/c1-8-9-3-4-13(5-6-14-2)7-10(9)12-11-8/h3-7H2,1-2H3,(H,11,12). The van der Waals surface area contributed by atoms with Crippen LogP contribution < -0.4 is 0 Å². The molecule has 0 fully saturated rings. The van der Waals surface area contributed by atoms with Gasteiger partial charge in [0.1, 0.15) is 0 Å². The molecule has 0 aromatic carbocycles. The number of nitrogens with zero attached hydrogens (tertiary/aromatic N) is 2. The normalized spacial score (nSPS) is 17.0. The molecule has 0 amide bonds. The lowest BCUT2D eigenvalue weighted by Crippen LogP contribution is -2.33. The molecule has 0 atom stereocenters. The van der Waals surface area contributed by atoms with E-state index in [9.17, 15) is 0 Å². The number of aromatic nitrogens is 2. The van der Waals surface area contributed by atoms with Crippen molar-refractivity contribution in [2.45, 2.75) is 19.9 Å². The summed E-state index contributed by atoms with van der Waals surface area (Å²) in [7, 11) is 1.74. The van der Waals surface area contributed by atoms with Crippen LogP contribution in [0.5, 0.6) is 0 Å². The van der Waals surface area contributed by atoms with Crippen LogP contribution in [-0.4, -0.2) is 41.9 Å². The highest BCUT2D eigenvalue weighted by molar-refractivity contribution is 5.26. The second kappa shape index (κ2) is 4.11. The zero-order chi connectivity index (χ0) is 9.97. The van der Waals surface area contributed by atoms with Crippen molar-refractivity contribution >= 4 is 0 Å². The Kier molecular flexibility index (Phi) is 2.84. The molecule has 4 nitrogen and oxygen atoms in total. The summed E-state index contributed by atoms with van der Waals surface area (Å²) in [6.07, 6.45) is 1.11. The molecule has 0 saturated heterocycles. The Hall–Kier alpha value is -0.870. The molecule has 2 rings (SSSR count). The number of ether oxygens (including phenoxy) is 1. The summed E-state index contributed by atoms with van der Waals surface area (Å²) in [5, 5.41) is 7.35. The minimum Gasteiger partial charge on any atom is -0.383 e. The second-order valence-electron chi connectivity index (χ2n) is 3.79. The van der Waals surface area contributed by atoms with Gasteiger partial charge < -0.3 is 4.74 Å². The summed E-state index contributed by atoms with van der Waals surface area (Å²) in [5.41, 5.74) is 3.86. The first-order valence-electron chi connectivity index (χ1n) is 5.05. The number of nitrogens with one attached hydrogen (secondary N) is 1. The largest absolute Gasteiger partial charge is 0.383 e. The van der Waals surface area contributed by atoms with Crippen LogP contribution in [0.25, 0.3) is 0 Å². The Morgan fingerprint density at radius 1 is 1.57 bits per heavy atom. The third-order valence-corrected chi connectivity index (χ3v) is 2.82. The van der Waals surface area contributed by atoms with E-state index in [0.29, 0.717) is 0 Å². The van der Waals surface area contributed by atoms with E-state index in [2.05, 4.69) is 22.0 Å². The molecule has 0 saturated carbocycles. The summed E-state index contributed by atoms with van der Waals surface area (Å²) in [4.78, 5) is 2.38. The molecule has 1 aromatic heterocycles. The van der Waals surface area contributed by atoms with Gasteiger partial charge in [0.15, 0.2) is 0 Å². The number of rotatable bonds is 3. The van der Waals surface area contributed by atoms with Gasteiger partial charge in [-0.3, -0.25) is 10.00 Å². The van der Waals surface area contributed by atoms with Gasteiger partial charge >= 0.3 is 0 Å². The Morgan fingerprint density at radius 2 is 2.43 bits per heavy atom. The molecule has 0 spiro atoms. The Labute approximate surface area is 84.3 Å². The van der Waals surface area contributed by atoms with E-state index in [1.807, 2.05) is 0 Å². The predicted molar refractivity (Wildman–Crippen MR) is 54.2 cm³/mol. The molecule has 4 heteroatoms. The van der Waals surface area contributed by atoms with E-state index < -0.39 is 0 Å². The summed E-state index contributed by atoms with van der Waals surface area (Å²) >= 11 is 0. The van der Waals surface area contributed by atoms with Gasteiger partial charge in [0.25, 0.3) is 0 Å². The van der Waals surface area contributed by atoms with Crippen molar-refractivity contribution in [3.63, 3.8) is 0 Å². The summed E-state index contributed by atoms with van der Waals surface area (Å²) in [6.45, 7) is 5.98. The molecule has 1 aliphatic rings. The zero-order valence-corrected chi connectivity index (χ0v) is 8.84. The van der Waals surface area contributed by atoms with Gasteiger partial charge in [-0.2, -0.15) is 5.10 Å². The molecule has 14 heavy (non-hydrogen) atoms. The lowest BCUT2D eigenvalue weighted by atomic mass is 10.1. The minimum atomic E-state index is 0.804. The van der Waals surface area contributed by atoms with Crippen LogP contribution in [0, 0.1) is 6.92 Å². The maximum Gasteiger partial charge on any atom is 0.0797 e. The summed E-state index contributed by atoms with van der Waals surface area (Å²) in [5.74, 6) is 0. The monoisotopic (exact) mass is 195 g/mol. The van der Waals surface area contributed by atoms with Crippen molar-refractivity contribution in [1.29, 1.82) is 0 Å². The molecular weight excluding hydrogens is 178 g/mol. The van der Waals surface area contributed by atoms with Crippen molar-refractivity contribution < 1.29 is 4.74 Å². The minimum absolute atomic E-state index is 0.804. The smallest absolute Gasteiger partial charge is 0.0797 e. The SMILES string of the molecule is COCCN1CCc2c(n[nH]c2C)C1. The topological polar surface area (TPSA) is 41.1 Å². The fourth-order valence-corrected chi connectivity index (χ4v) is 1.94. The molecule has 78 valence electrons. The maximum atomic E-state index is 5.07. The van der Waals surface area contributed by atoms with Gasteiger partial charge in [0.2, 0.25) is 0 Å². The third kappa shape index (κ3) is 1.81. The molecule has 2 heterocycles. The van der Waals surface area contributed by atoms with Crippen LogP contribution in [0.15, 0.2) is 0 Å². The van der Waals surface area contributed by atoms with Crippen LogP contribution in [0.4, 0.5) is 0 Å². The molecule has 1 aromatic rings. The van der Waals surface area contributed by atoms with Gasteiger partial charge in [-0.1, -0.05) is 0 Å². The molecule has 0 bridgehead atoms. The first kappa shape index (κ1) is 9.68. The van der Waals surface area contributed by atoms with Crippen LogP contribution in [0.1, 0.15) is 17.0 Å². The first-order valence-corrected chi connectivity index (χ1v) is 5.05. The van der Waals surface area contributed by atoms with Crippen molar-refractivity contribution in [1.82, 2.24) is 15.1 Å². The molecule has 1 aliphatic heterocycles. The summed E-state index contributed by atoms with van der Waals surface area (Å²) < 4.78 is 5.07. The van der Waals surface area contributed by atoms with Gasteiger partial charge in [-0.05, 0) is 18.9 Å². The van der Waals surface area contributed by atoms with E-state index in [1.165, 1.54) is 17.0 Å². The van der Waals surface area contributed by atoms with Crippen molar-refractivity contribution in [3.8, 4) is 0 Å².